The molecule has 1 atom stereocenters. The van der Waals surface area contributed by atoms with E-state index in [1.165, 1.54) is 6.07 Å². The summed E-state index contributed by atoms with van der Waals surface area (Å²) in [6, 6.07) is 4.78. The molecule has 0 saturated heterocycles. The molecule has 5 heteroatoms. The molecule has 1 N–H and O–H groups in total. The number of rotatable bonds is 2. The third kappa shape index (κ3) is 2.16. The zero-order valence-corrected chi connectivity index (χ0v) is 9.10. The van der Waals surface area contributed by atoms with Crippen LogP contribution in [0.1, 0.15) is 22.9 Å². The second-order valence-electron chi connectivity index (χ2n) is 3.70. The Kier molecular flexibility index (Phi) is 3.10. The molecular weight excluding hydrogens is 236 g/mol. The Bertz CT molecular complexity index is 422. The first-order valence-corrected chi connectivity index (χ1v) is 5.36. The van der Waals surface area contributed by atoms with E-state index in [0.29, 0.717) is 24.1 Å². The van der Waals surface area contributed by atoms with Gasteiger partial charge in [0, 0.05) is 12.1 Å². The lowest BCUT2D eigenvalue weighted by Crippen LogP contribution is -2.19. The van der Waals surface area contributed by atoms with E-state index in [9.17, 15) is 13.6 Å². The maximum Gasteiger partial charge on any atom is 0.258 e. The van der Waals surface area contributed by atoms with Crippen molar-refractivity contribution in [1.29, 1.82) is 0 Å². The molecule has 0 saturated carbocycles. The van der Waals surface area contributed by atoms with Gasteiger partial charge in [-0.3, -0.25) is 4.79 Å². The minimum absolute atomic E-state index is 0.0449. The Labute approximate surface area is 96.6 Å². The predicted molar refractivity (Wildman–Crippen MR) is 58.0 cm³/mol. The van der Waals surface area contributed by atoms with Crippen molar-refractivity contribution in [2.75, 3.05) is 5.32 Å². The Morgan fingerprint density at radius 1 is 1.31 bits per heavy atom. The second-order valence-corrected chi connectivity index (χ2v) is 4.17. The van der Waals surface area contributed by atoms with Crippen molar-refractivity contribution in [3.63, 3.8) is 0 Å². The first-order chi connectivity index (χ1) is 7.58. The van der Waals surface area contributed by atoms with Gasteiger partial charge in [-0.05, 0) is 23.6 Å². The smallest absolute Gasteiger partial charge is 0.258 e. The standard InChI is InChI=1S/C11H10ClF2NO/c12-10(11(13)14)7-1-3-8-6(5-7)2-4-9(16)15-8/h1,3,5,10-11H,2,4H2,(H,15,16). The summed E-state index contributed by atoms with van der Waals surface area (Å²) in [6.07, 6.45) is -1.63. The lowest BCUT2D eigenvalue weighted by Gasteiger charge is -2.18. The maximum absolute atomic E-state index is 12.4. The zero-order valence-electron chi connectivity index (χ0n) is 8.34. The van der Waals surface area contributed by atoms with E-state index in [4.69, 9.17) is 11.6 Å². The van der Waals surface area contributed by atoms with Crippen LogP contribution in [0.25, 0.3) is 0 Å². The number of amides is 1. The van der Waals surface area contributed by atoms with E-state index in [-0.39, 0.29) is 5.91 Å². The third-order valence-corrected chi connectivity index (χ3v) is 3.01. The summed E-state index contributed by atoms with van der Waals surface area (Å²) in [5, 5.41) is 1.40. The van der Waals surface area contributed by atoms with Gasteiger partial charge in [-0.1, -0.05) is 12.1 Å². The van der Waals surface area contributed by atoms with Gasteiger partial charge in [0.15, 0.2) is 0 Å². The molecule has 1 amide bonds. The molecule has 16 heavy (non-hydrogen) atoms. The largest absolute Gasteiger partial charge is 0.326 e. The van der Waals surface area contributed by atoms with Crippen LogP contribution in [0.4, 0.5) is 14.5 Å². The number of fused-ring (bicyclic) bond motifs is 1. The topological polar surface area (TPSA) is 29.1 Å². The normalized spacial score (nSPS) is 16.9. The molecule has 2 rings (SSSR count). The Hall–Kier alpha value is -1.16. The van der Waals surface area contributed by atoms with Crippen molar-refractivity contribution < 1.29 is 13.6 Å². The number of carbonyl (C=O) groups excluding carboxylic acids is 1. The molecule has 0 aliphatic carbocycles. The fourth-order valence-corrected chi connectivity index (χ4v) is 1.86. The average Bonchev–Trinajstić information content (AvgIpc) is 2.27. The van der Waals surface area contributed by atoms with Gasteiger partial charge in [-0.2, -0.15) is 0 Å². The molecule has 1 aromatic rings. The van der Waals surface area contributed by atoms with Gasteiger partial charge in [0.25, 0.3) is 6.43 Å². The first-order valence-electron chi connectivity index (χ1n) is 4.93. The van der Waals surface area contributed by atoms with Crippen molar-refractivity contribution in [3.05, 3.63) is 29.3 Å². The number of anilines is 1. The van der Waals surface area contributed by atoms with E-state index < -0.39 is 11.8 Å². The summed E-state index contributed by atoms with van der Waals surface area (Å²) >= 11 is 5.57. The number of nitrogens with one attached hydrogen (secondary N) is 1. The zero-order chi connectivity index (χ0) is 11.7. The molecule has 2 nitrogen and oxygen atoms in total. The number of aryl methyl sites for hydroxylation is 1. The van der Waals surface area contributed by atoms with Crippen LogP contribution in [0.2, 0.25) is 0 Å². The lowest BCUT2D eigenvalue weighted by molar-refractivity contribution is -0.116. The SMILES string of the molecule is O=C1CCc2cc(C(Cl)C(F)F)ccc2N1. The van der Waals surface area contributed by atoms with Gasteiger partial charge < -0.3 is 5.32 Å². The van der Waals surface area contributed by atoms with Gasteiger partial charge in [-0.15, -0.1) is 11.6 Å². The molecule has 0 aromatic heterocycles. The van der Waals surface area contributed by atoms with Crippen LogP contribution >= 0.6 is 11.6 Å². The van der Waals surface area contributed by atoms with Crippen LogP contribution in [-0.2, 0) is 11.2 Å². The highest BCUT2D eigenvalue weighted by Crippen LogP contribution is 2.31. The van der Waals surface area contributed by atoms with E-state index >= 15 is 0 Å². The Balaban J connectivity index is 2.29. The van der Waals surface area contributed by atoms with Gasteiger partial charge >= 0.3 is 0 Å². The number of hydrogen-bond donors (Lipinski definition) is 1. The number of halogens is 3. The molecule has 1 aromatic carbocycles. The number of carbonyl (C=O) groups is 1. The van der Waals surface area contributed by atoms with Gasteiger partial charge in [0.1, 0.15) is 5.38 Å². The highest BCUT2D eigenvalue weighted by atomic mass is 35.5. The summed E-state index contributed by atoms with van der Waals surface area (Å²) in [4.78, 5) is 11.1. The minimum atomic E-state index is -2.59. The molecule has 1 aliphatic heterocycles. The first kappa shape index (κ1) is 11.3. The van der Waals surface area contributed by atoms with E-state index in [1.807, 2.05) is 0 Å². The molecule has 0 spiro atoms. The molecule has 1 heterocycles. The van der Waals surface area contributed by atoms with Crippen molar-refractivity contribution >= 4 is 23.2 Å². The third-order valence-electron chi connectivity index (χ3n) is 2.56. The number of hydrogen-bond acceptors (Lipinski definition) is 1. The van der Waals surface area contributed by atoms with Crippen molar-refractivity contribution in [2.24, 2.45) is 0 Å². The molecule has 0 radical (unpaired) electrons. The maximum atomic E-state index is 12.4. The van der Waals surface area contributed by atoms with Crippen LogP contribution in [0.15, 0.2) is 18.2 Å². The van der Waals surface area contributed by atoms with Crippen LogP contribution < -0.4 is 5.32 Å². The van der Waals surface area contributed by atoms with Crippen LogP contribution in [0.3, 0.4) is 0 Å². The van der Waals surface area contributed by atoms with E-state index in [1.54, 1.807) is 12.1 Å². The molecule has 0 fully saturated rings. The predicted octanol–water partition coefficient (Wildman–Crippen LogP) is 3.12. The lowest BCUT2D eigenvalue weighted by atomic mass is 9.99. The van der Waals surface area contributed by atoms with E-state index in [0.717, 1.165) is 5.56 Å². The summed E-state index contributed by atoms with van der Waals surface area (Å²) in [5.74, 6) is -0.0449. The fraction of sp³-hybridized carbons (Fsp3) is 0.364. The van der Waals surface area contributed by atoms with Crippen molar-refractivity contribution in [2.45, 2.75) is 24.6 Å². The van der Waals surface area contributed by atoms with Crippen molar-refractivity contribution in [1.82, 2.24) is 0 Å². The summed E-state index contributed by atoms with van der Waals surface area (Å²) in [7, 11) is 0. The van der Waals surface area contributed by atoms with Gasteiger partial charge in [0.2, 0.25) is 5.91 Å². The van der Waals surface area contributed by atoms with Gasteiger partial charge in [-0.25, -0.2) is 8.78 Å². The van der Waals surface area contributed by atoms with Crippen LogP contribution in [0.5, 0.6) is 0 Å². The van der Waals surface area contributed by atoms with Gasteiger partial charge in [0.05, 0.1) is 0 Å². The summed E-state index contributed by atoms with van der Waals surface area (Å²) in [5.41, 5.74) is 1.95. The Morgan fingerprint density at radius 3 is 2.75 bits per heavy atom. The molecular formula is C11H10ClF2NO. The second kappa shape index (κ2) is 4.37. The summed E-state index contributed by atoms with van der Waals surface area (Å²) < 4.78 is 24.8. The fourth-order valence-electron chi connectivity index (χ4n) is 1.72. The average molecular weight is 246 g/mol. The van der Waals surface area contributed by atoms with E-state index in [2.05, 4.69) is 5.32 Å². The minimum Gasteiger partial charge on any atom is -0.326 e. The summed E-state index contributed by atoms with van der Waals surface area (Å²) in [6.45, 7) is 0. The Morgan fingerprint density at radius 2 is 2.06 bits per heavy atom. The highest BCUT2D eigenvalue weighted by molar-refractivity contribution is 6.21. The molecule has 1 unspecified atom stereocenters. The quantitative estimate of drug-likeness (QED) is 0.797. The highest BCUT2D eigenvalue weighted by Gasteiger charge is 2.22. The number of benzene rings is 1. The number of alkyl halides is 3. The van der Waals surface area contributed by atoms with Crippen molar-refractivity contribution in [3.8, 4) is 0 Å². The van der Waals surface area contributed by atoms with Crippen LogP contribution in [-0.4, -0.2) is 12.3 Å². The monoisotopic (exact) mass is 245 g/mol. The molecule has 1 aliphatic rings. The molecule has 86 valence electrons. The molecule has 0 bridgehead atoms. The van der Waals surface area contributed by atoms with Crippen LogP contribution in [0, 0.1) is 0 Å².